The van der Waals surface area contributed by atoms with E-state index in [9.17, 15) is 9.59 Å². The first-order chi connectivity index (χ1) is 11.8. The standard InChI is InChI=1S/C21H16O3/c22-20(17-11-5-2-6-12-17)21(23)18-13-7-8-14-19(18)24-15-16-9-3-1-4-10-16/h1-14H,15H2. The van der Waals surface area contributed by atoms with Crippen LogP contribution in [0.1, 0.15) is 26.3 Å². The summed E-state index contributed by atoms with van der Waals surface area (Å²) in [5, 5.41) is 0. The van der Waals surface area contributed by atoms with Crippen LogP contribution in [0.4, 0.5) is 0 Å². The Kier molecular flexibility index (Phi) is 4.82. The number of hydrogen-bond donors (Lipinski definition) is 0. The van der Waals surface area contributed by atoms with Crippen LogP contribution < -0.4 is 4.74 Å². The molecule has 0 aliphatic heterocycles. The van der Waals surface area contributed by atoms with Crippen molar-refractivity contribution in [2.75, 3.05) is 0 Å². The van der Waals surface area contributed by atoms with Crippen LogP contribution in [0, 0.1) is 0 Å². The van der Waals surface area contributed by atoms with E-state index in [1.165, 1.54) is 0 Å². The van der Waals surface area contributed by atoms with Crippen molar-refractivity contribution in [1.82, 2.24) is 0 Å². The quantitative estimate of drug-likeness (QED) is 0.502. The first-order valence-corrected chi connectivity index (χ1v) is 7.65. The predicted octanol–water partition coefficient (Wildman–Crippen LogP) is 4.33. The third kappa shape index (κ3) is 3.58. The molecule has 0 aliphatic rings. The molecule has 0 atom stereocenters. The Morgan fingerprint density at radius 1 is 0.667 bits per heavy atom. The maximum atomic E-state index is 12.5. The van der Waals surface area contributed by atoms with Crippen molar-refractivity contribution >= 4 is 11.6 Å². The summed E-state index contributed by atoms with van der Waals surface area (Å²) in [5.74, 6) is -0.688. The summed E-state index contributed by atoms with van der Waals surface area (Å²) in [6.07, 6.45) is 0. The second kappa shape index (κ2) is 7.38. The van der Waals surface area contributed by atoms with Crippen molar-refractivity contribution in [1.29, 1.82) is 0 Å². The summed E-state index contributed by atoms with van der Waals surface area (Å²) in [6, 6.07) is 25.0. The van der Waals surface area contributed by atoms with E-state index in [4.69, 9.17) is 4.74 Å². The van der Waals surface area contributed by atoms with Gasteiger partial charge in [0.15, 0.2) is 0 Å². The minimum absolute atomic E-state index is 0.280. The van der Waals surface area contributed by atoms with Gasteiger partial charge in [-0.25, -0.2) is 0 Å². The van der Waals surface area contributed by atoms with E-state index in [0.717, 1.165) is 5.56 Å². The fourth-order valence-corrected chi connectivity index (χ4v) is 2.36. The van der Waals surface area contributed by atoms with Gasteiger partial charge in [0.2, 0.25) is 11.6 Å². The smallest absolute Gasteiger partial charge is 0.237 e. The van der Waals surface area contributed by atoms with E-state index < -0.39 is 11.6 Å². The summed E-state index contributed by atoms with van der Waals surface area (Å²) in [5.41, 5.74) is 1.65. The zero-order chi connectivity index (χ0) is 16.8. The molecule has 3 nitrogen and oxygen atoms in total. The van der Waals surface area contributed by atoms with E-state index in [1.54, 1.807) is 54.6 Å². The molecule has 3 aromatic rings. The largest absolute Gasteiger partial charge is 0.488 e. The molecule has 0 saturated carbocycles. The first kappa shape index (κ1) is 15.7. The van der Waals surface area contributed by atoms with Gasteiger partial charge in [-0.2, -0.15) is 0 Å². The Morgan fingerprint density at radius 3 is 1.96 bits per heavy atom. The molecule has 3 rings (SSSR count). The third-order valence-corrected chi connectivity index (χ3v) is 3.61. The molecule has 0 amide bonds. The lowest BCUT2D eigenvalue weighted by atomic mass is 10.0. The first-order valence-electron chi connectivity index (χ1n) is 7.65. The number of ketones is 2. The number of benzene rings is 3. The second-order valence-electron chi connectivity index (χ2n) is 5.29. The summed E-state index contributed by atoms with van der Waals surface area (Å²) in [7, 11) is 0. The highest BCUT2D eigenvalue weighted by Crippen LogP contribution is 2.21. The zero-order valence-corrected chi connectivity index (χ0v) is 13.0. The molecule has 0 fully saturated rings. The van der Waals surface area contributed by atoms with Gasteiger partial charge in [0, 0.05) is 5.56 Å². The van der Waals surface area contributed by atoms with E-state index in [2.05, 4.69) is 0 Å². The Balaban J connectivity index is 1.81. The van der Waals surface area contributed by atoms with Gasteiger partial charge >= 0.3 is 0 Å². The van der Waals surface area contributed by atoms with Gasteiger partial charge in [0.1, 0.15) is 12.4 Å². The molecule has 0 saturated heterocycles. The lowest BCUT2D eigenvalue weighted by Crippen LogP contribution is -2.15. The van der Waals surface area contributed by atoms with E-state index in [0.29, 0.717) is 17.9 Å². The summed E-state index contributed by atoms with van der Waals surface area (Å²) in [6.45, 7) is 0.338. The number of carbonyl (C=O) groups is 2. The molecule has 0 radical (unpaired) electrons. The number of rotatable bonds is 6. The topological polar surface area (TPSA) is 43.4 Å². The van der Waals surface area contributed by atoms with E-state index in [-0.39, 0.29) is 5.56 Å². The summed E-state index contributed by atoms with van der Waals surface area (Å²) < 4.78 is 5.76. The fourth-order valence-electron chi connectivity index (χ4n) is 2.36. The molecular formula is C21H16O3. The normalized spacial score (nSPS) is 10.2. The Hall–Kier alpha value is -3.20. The van der Waals surface area contributed by atoms with Crippen molar-refractivity contribution < 1.29 is 14.3 Å². The van der Waals surface area contributed by atoms with Crippen LogP contribution in [0.15, 0.2) is 84.9 Å². The minimum Gasteiger partial charge on any atom is -0.488 e. The van der Waals surface area contributed by atoms with Crippen molar-refractivity contribution in [2.45, 2.75) is 6.61 Å². The van der Waals surface area contributed by atoms with Crippen molar-refractivity contribution in [2.24, 2.45) is 0 Å². The Bertz CT molecular complexity index is 839. The van der Waals surface area contributed by atoms with E-state index >= 15 is 0 Å². The summed E-state index contributed by atoms with van der Waals surface area (Å²) >= 11 is 0. The molecule has 0 heterocycles. The molecule has 3 aromatic carbocycles. The molecular weight excluding hydrogens is 300 g/mol. The predicted molar refractivity (Wildman–Crippen MR) is 92.3 cm³/mol. The molecule has 0 spiro atoms. The number of ether oxygens (including phenoxy) is 1. The highest BCUT2D eigenvalue weighted by molar-refractivity contribution is 6.49. The highest BCUT2D eigenvalue weighted by atomic mass is 16.5. The number of hydrogen-bond acceptors (Lipinski definition) is 3. The number of Topliss-reactive ketones (excluding diaryl/α,β-unsaturated/α-hetero) is 2. The number of para-hydroxylation sites is 1. The maximum Gasteiger partial charge on any atom is 0.237 e. The van der Waals surface area contributed by atoms with Crippen LogP contribution in [0.25, 0.3) is 0 Å². The molecule has 0 bridgehead atoms. The number of carbonyl (C=O) groups excluding carboxylic acids is 2. The lowest BCUT2D eigenvalue weighted by molar-refractivity contribution is 0.0814. The molecule has 0 aromatic heterocycles. The van der Waals surface area contributed by atoms with Crippen LogP contribution in [-0.2, 0) is 6.61 Å². The average molecular weight is 316 g/mol. The highest BCUT2D eigenvalue weighted by Gasteiger charge is 2.21. The van der Waals surface area contributed by atoms with Gasteiger partial charge in [-0.15, -0.1) is 0 Å². The Labute approximate surface area is 140 Å². The van der Waals surface area contributed by atoms with Crippen LogP contribution >= 0.6 is 0 Å². The van der Waals surface area contributed by atoms with Crippen molar-refractivity contribution in [3.05, 3.63) is 102 Å². The van der Waals surface area contributed by atoms with Crippen molar-refractivity contribution in [3.8, 4) is 5.75 Å². The van der Waals surface area contributed by atoms with Crippen LogP contribution in [-0.4, -0.2) is 11.6 Å². The molecule has 0 N–H and O–H groups in total. The van der Waals surface area contributed by atoms with Gasteiger partial charge in [-0.1, -0.05) is 72.8 Å². The minimum atomic E-state index is -0.565. The van der Waals surface area contributed by atoms with Crippen molar-refractivity contribution in [3.63, 3.8) is 0 Å². The lowest BCUT2D eigenvalue weighted by Gasteiger charge is -2.10. The average Bonchev–Trinajstić information content (AvgIpc) is 2.67. The maximum absolute atomic E-state index is 12.5. The second-order valence-corrected chi connectivity index (χ2v) is 5.29. The van der Waals surface area contributed by atoms with Crippen LogP contribution in [0.2, 0.25) is 0 Å². The van der Waals surface area contributed by atoms with Gasteiger partial charge in [-0.3, -0.25) is 9.59 Å². The SMILES string of the molecule is O=C(C(=O)c1ccccc1OCc1ccccc1)c1ccccc1. The van der Waals surface area contributed by atoms with Gasteiger partial charge < -0.3 is 4.74 Å². The van der Waals surface area contributed by atoms with Crippen LogP contribution in [0.5, 0.6) is 5.75 Å². The van der Waals surface area contributed by atoms with Gasteiger partial charge in [0.05, 0.1) is 5.56 Å². The molecule has 118 valence electrons. The summed E-state index contributed by atoms with van der Waals surface area (Å²) in [4.78, 5) is 24.9. The zero-order valence-electron chi connectivity index (χ0n) is 13.0. The van der Waals surface area contributed by atoms with Gasteiger partial charge in [0.25, 0.3) is 0 Å². The van der Waals surface area contributed by atoms with E-state index in [1.807, 2.05) is 30.3 Å². The molecule has 24 heavy (non-hydrogen) atoms. The van der Waals surface area contributed by atoms with Crippen LogP contribution in [0.3, 0.4) is 0 Å². The fraction of sp³-hybridized carbons (Fsp3) is 0.0476. The third-order valence-electron chi connectivity index (χ3n) is 3.61. The molecule has 3 heteroatoms. The molecule has 0 unspecified atom stereocenters. The molecule has 0 aliphatic carbocycles. The monoisotopic (exact) mass is 316 g/mol. The van der Waals surface area contributed by atoms with Gasteiger partial charge in [-0.05, 0) is 17.7 Å². The Morgan fingerprint density at radius 2 is 1.25 bits per heavy atom.